The number of hydrogen-bond donors (Lipinski definition) is 0. The Kier molecular flexibility index (Phi) is 4.03. The standard InChI is InChI=1S/C18H13OSi.Li/c1-2-8-14(9-3-1)20-17-12-6-4-10-15(17)19-16-11-5-7-13-18(16)20;/h1-13H;/q-1;+1. The van der Waals surface area contributed by atoms with Gasteiger partial charge in [-0.1, -0.05) is 66.7 Å². The number of para-hydroxylation sites is 2. The maximum atomic E-state index is 6.05. The zero-order chi connectivity index (χ0) is 13.4. The Labute approximate surface area is 138 Å². The van der Waals surface area contributed by atoms with Crippen molar-refractivity contribution in [3.63, 3.8) is 0 Å². The summed E-state index contributed by atoms with van der Waals surface area (Å²) >= 11 is 0. The van der Waals surface area contributed by atoms with E-state index in [0.29, 0.717) is 0 Å². The first kappa shape index (κ1) is 14.2. The summed E-state index contributed by atoms with van der Waals surface area (Å²) < 4.78 is 6.05. The fraction of sp³-hybridized carbons (Fsp3) is 0. The van der Waals surface area contributed by atoms with E-state index in [2.05, 4.69) is 66.7 Å². The van der Waals surface area contributed by atoms with Gasteiger partial charge in [0, 0.05) is 0 Å². The number of rotatable bonds is 1. The van der Waals surface area contributed by atoms with Crippen molar-refractivity contribution in [3.8, 4) is 11.5 Å². The maximum absolute atomic E-state index is 6.05. The molecule has 0 bridgehead atoms. The zero-order valence-corrected chi connectivity index (χ0v) is 12.9. The molecule has 4 rings (SSSR count). The van der Waals surface area contributed by atoms with Crippen LogP contribution in [0.2, 0.25) is 0 Å². The third-order valence-corrected chi connectivity index (χ3v) is 6.41. The van der Waals surface area contributed by atoms with E-state index < -0.39 is 8.80 Å². The van der Waals surface area contributed by atoms with Crippen LogP contribution in [0.15, 0.2) is 78.9 Å². The smallest absolute Gasteiger partial charge is 0.463 e. The van der Waals surface area contributed by atoms with E-state index in [9.17, 15) is 0 Å². The first-order valence-corrected chi connectivity index (χ1v) is 8.22. The fourth-order valence-corrected chi connectivity index (χ4v) is 5.43. The molecule has 3 aromatic carbocycles. The van der Waals surface area contributed by atoms with E-state index in [4.69, 9.17) is 4.74 Å². The molecule has 1 aliphatic heterocycles. The van der Waals surface area contributed by atoms with Gasteiger partial charge in [0.25, 0.3) is 0 Å². The van der Waals surface area contributed by atoms with Gasteiger partial charge in [-0.3, -0.25) is 0 Å². The fourth-order valence-electron chi connectivity index (χ4n) is 2.70. The minimum Gasteiger partial charge on any atom is -0.463 e. The van der Waals surface area contributed by atoms with Gasteiger partial charge in [0.05, 0.1) is 11.5 Å². The number of benzene rings is 3. The molecule has 1 aliphatic rings. The van der Waals surface area contributed by atoms with E-state index in [-0.39, 0.29) is 18.9 Å². The van der Waals surface area contributed by atoms with E-state index in [0.717, 1.165) is 11.5 Å². The first-order valence-electron chi connectivity index (χ1n) is 6.72. The third kappa shape index (κ3) is 2.47. The first-order chi connectivity index (χ1) is 9.93. The quantitative estimate of drug-likeness (QED) is 0.420. The SMILES string of the molecule is [Li+].c1ccc([Si-]2c3ccccc3Oc3ccccc32)cc1. The molecule has 0 amide bonds. The molecule has 0 fully saturated rings. The van der Waals surface area contributed by atoms with Crippen molar-refractivity contribution >= 4 is 24.4 Å². The summed E-state index contributed by atoms with van der Waals surface area (Å²) in [6.07, 6.45) is 0. The summed E-state index contributed by atoms with van der Waals surface area (Å²) in [5.41, 5.74) is 0. The molecular weight excluding hydrogens is 267 g/mol. The monoisotopic (exact) mass is 280 g/mol. The van der Waals surface area contributed by atoms with Gasteiger partial charge in [-0.2, -0.15) is 5.19 Å². The van der Waals surface area contributed by atoms with Gasteiger partial charge in [-0.15, -0.1) is 10.4 Å². The van der Waals surface area contributed by atoms with Gasteiger partial charge in [-0.05, 0) is 12.1 Å². The Morgan fingerprint density at radius 3 is 1.62 bits per heavy atom. The molecule has 0 aromatic heterocycles. The molecule has 0 N–H and O–H groups in total. The predicted molar refractivity (Wildman–Crippen MR) is 84.1 cm³/mol. The largest absolute Gasteiger partial charge is 1.00 e. The Balaban J connectivity index is 0.00000132. The summed E-state index contributed by atoms with van der Waals surface area (Å²) in [7, 11) is -0.964. The molecule has 1 heterocycles. The number of ether oxygens (including phenoxy) is 1. The molecule has 3 heteroatoms. The summed E-state index contributed by atoms with van der Waals surface area (Å²) in [4.78, 5) is 0. The second-order valence-corrected chi connectivity index (χ2v) is 7.24. The predicted octanol–water partition coefficient (Wildman–Crippen LogP) is -0.687. The second kappa shape index (κ2) is 5.95. The van der Waals surface area contributed by atoms with Crippen LogP contribution in [0.5, 0.6) is 11.5 Å². The van der Waals surface area contributed by atoms with Crippen LogP contribution in [0.4, 0.5) is 0 Å². The molecule has 0 spiro atoms. The van der Waals surface area contributed by atoms with Crippen molar-refractivity contribution in [2.24, 2.45) is 0 Å². The molecule has 0 saturated carbocycles. The Morgan fingerprint density at radius 1 is 0.571 bits per heavy atom. The van der Waals surface area contributed by atoms with Crippen LogP contribution < -0.4 is 39.2 Å². The van der Waals surface area contributed by atoms with E-state index >= 15 is 0 Å². The van der Waals surface area contributed by atoms with Crippen molar-refractivity contribution in [1.82, 2.24) is 0 Å². The van der Waals surface area contributed by atoms with Crippen LogP contribution in [-0.4, -0.2) is 8.80 Å². The Hall–Kier alpha value is -1.73. The van der Waals surface area contributed by atoms with E-state index in [1.807, 2.05) is 12.1 Å². The van der Waals surface area contributed by atoms with Gasteiger partial charge in [0.1, 0.15) is 0 Å². The second-order valence-electron chi connectivity index (χ2n) is 4.84. The van der Waals surface area contributed by atoms with Crippen LogP contribution in [0.1, 0.15) is 0 Å². The van der Waals surface area contributed by atoms with Crippen molar-refractivity contribution < 1.29 is 23.6 Å². The van der Waals surface area contributed by atoms with Crippen molar-refractivity contribution in [2.45, 2.75) is 0 Å². The topological polar surface area (TPSA) is 9.23 Å². The van der Waals surface area contributed by atoms with E-state index in [1.54, 1.807) is 0 Å². The van der Waals surface area contributed by atoms with E-state index in [1.165, 1.54) is 15.6 Å². The number of hydrogen-bond acceptors (Lipinski definition) is 1. The van der Waals surface area contributed by atoms with Crippen molar-refractivity contribution in [2.75, 3.05) is 0 Å². The molecule has 0 aliphatic carbocycles. The van der Waals surface area contributed by atoms with Crippen LogP contribution in [0.25, 0.3) is 0 Å². The Bertz CT molecular complexity index is 712. The molecule has 1 nitrogen and oxygen atoms in total. The molecule has 96 valence electrons. The van der Waals surface area contributed by atoms with Gasteiger partial charge in [-0.25, -0.2) is 8.80 Å². The van der Waals surface area contributed by atoms with Gasteiger partial charge in [0.2, 0.25) is 0 Å². The van der Waals surface area contributed by atoms with Gasteiger partial charge < -0.3 is 4.74 Å². The summed E-state index contributed by atoms with van der Waals surface area (Å²) in [5.74, 6) is 2.01. The molecule has 3 aromatic rings. The van der Waals surface area contributed by atoms with Crippen LogP contribution in [-0.2, 0) is 0 Å². The molecule has 21 heavy (non-hydrogen) atoms. The van der Waals surface area contributed by atoms with Crippen molar-refractivity contribution in [3.05, 3.63) is 78.9 Å². The van der Waals surface area contributed by atoms with Crippen LogP contribution in [0.3, 0.4) is 0 Å². The molecular formula is C18H13LiOSi. The molecule has 0 radical (unpaired) electrons. The summed E-state index contributed by atoms with van der Waals surface area (Å²) in [5, 5.41) is 4.07. The summed E-state index contributed by atoms with van der Waals surface area (Å²) in [6, 6.07) is 27.6. The average Bonchev–Trinajstić information content (AvgIpc) is 2.53. The third-order valence-electron chi connectivity index (χ3n) is 3.60. The maximum Gasteiger partial charge on any atom is 1.00 e. The van der Waals surface area contributed by atoms with Crippen LogP contribution in [0, 0.1) is 0 Å². The average molecular weight is 280 g/mol. The van der Waals surface area contributed by atoms with Gasteiger partial charge in [0.15, 0.2) is 0 Å². The Morgan fingerprint density at radius 2 is 1.05 bits per heavy atom. The van der Waals surface area contributed by atoms with Gasteiger partial charge >= 0.3 is 18.9 Å². The zero-order valence-electron chi connectivity index (χ0n) is 11.9. The molecule has 0 unspecified atom stereocenters. The summed E-state index contributed by atoms with van der Waals surface area (Å²) in [6.45, 7) is 0. The normalized spacial score (nSPS) is 11.7. The number of fused-ring (bicyclic) bond motifs is 2. The van der Waals surface area contributed by atoms with Crippen LogP contribution >= 0.6 is 0 Å². The van der Waals surface area contributed by atoms with Crippen molar-refractivity contribution in [1.29, 1.82) is 0 Å². The molecule has 0 saturated heterocycles. The molecule has 0 atom stereocenters. The minimum atomic E-state index is -0.964. The minimum absolute atomic E-state index is 0.